The van der Waals surface area contributed by atoms with Crippen molar-refractivity contribution in [3.8, 4) is 0 Å². The zero-order valence-corrected chi connectivity index (χ0v) is 7.12. The molecular formula is C5H11N2O4S-. The van der Waals surface area contributed by atoms with Gasteiger partial charge < -0.3 is 21.1 Å². The highest BCUT2D eigenvalue weighted by Gasteiger charge is 2.17. The lowest BCUT2D eigenvalue weighted by molar-refractivity contribution is -0.138. The molecule has 0 heterocycles. The van der Waals surface area contributed by atoms with E-state index in [0.29, 0.717) is 0 Å². The first kappa shape index (κ1) is 11.5. The van der Waals surface area contributed by atoms with Crippen molar-refractivity contribution in [2.75, 3.05) is 6.54 Å². The molecule has 12 heavy (non-hydrogen) atoms. The SMILES string of the molecule is NCC(C[C@@H](N)C(=O)O)S(=O)[O-]. The van der Waals surface area contributed by atoms with Crippen LogP contribution in [0.4, 0.5) is 0 Å². The normalized spacial score (nSPS) is 18.2. The molecule has 3 atom stereocenters. The smallest absolute Gasteiger partial charge is 0.320 e. The number of hydrogen-bond acceptors (Lipinski definition) is 5. The van der Waals surface area contributed by atoms with Crippen LogP contribution in [0.15, 0.2) is 0 Å². The average Bonchev–Trinajstić information content (AvgIpc) is 1.98. The summed E-state index contributed by atoms with van der Waals surface area (Å²) in [6, 6.07) is -1.17. The summed E-state index contributed by atoms with van der Waals surface area (Å²) in [5.41, 5.74) is 10.2. The molecular weight excluding hydrogens is 184 g/mol. The summed E-state index contributed by atoms with van der Waals surface area (Å²) in [5.74, 6) is -1.22. The van der Waals surface area contributed by atoms with Gasteiger partial charge in [-0.25, -0.2) is 0 Å². The van der Waals surface area contributed by atoms with Gasteiger partial charge in [0.15, 0.2) is 0 Å². The van der Waals surface area contributed by atoms with Crippen molar-refractivity contribution >= 4 is 17.0 Å². The minimum atomic E-state index is -2.36. The largest absolute Gasteiger partial charge is 0.772 e. The minimum absolute atomic E-state index is 0.114. The Kier molecular flexibility index (Phi) is 4.98. The van der Waals surface area contributed by atoms with Crippen molar-refractivity contribution in [1.82, 2.24) is 0 Å². The maximum atomic E-state index is 10.4. The molecule has 0 amide bonds. The summed E-state index contributed by atoms with van der Waals surface area (Å²) in [6.45, 7) is -0.114. The van der Waals surface area contributed by atoms with Crippen molar-refractivity contribution in [3.05, 3.63) is 0 Å². The first-order valence-electron chi connectivity index (χ1n) is 3.25. The van der Waals surface area contributed by atoms with Crippen LogP contribution in [0.25, 0.3) is 0 Å². The minimum Gasteiger partial charge on any atom is -0.772 e. The van der Waals surface area contributed by atoms with E-state index in [9.17, 15) is 13.6 Å². The van der Waals surface area contributed by atoms with E-state index in [1.807, 2.05) is 0 Å². The van der Waals surface area contributed by atoms with Crippen LogP contribution in [0, 0.1) is 0 Å². The number of carbonyl (C=O) groups is 1. The summed E-state index contributed by atoms with van der Waals surface area (Å²) in [4.78, 5) is 10.2. The molecule has 0 aliphatic rings. The first-order chi connectivity index (χ1) is 5.49. The van der Waals surface area contributed by atoms with Crippen LogP contribution in [-0.2, 0) is 15.9 Å². The molecule has 0 saturated carbocycles. The third-order valence-corrected chi connectivity index (χ3v) is 2.30. The number of rotatable bonds is 5. The Labute approximate surface area is 72.2 Å². The van der Waals surface area contributed by atoms with Gasteiger partial charge in [0.25, 0.3) is 0 Å². The Hall–Kier alpha value is -0.500. The lowest BCUT2D eigenvalue weighted by atomic mass is 10.2. The van der Waals surface area contributed by atoms with Crippen molar-refractivity contribution in [2.45, 2.75) is 17.7 Å². The highest BCUT2D eigenvalue weighted by molar-refractivity contribution is 7.79. The quantitative estimate of drug-likeness (QED) is 0.435. The van der Waals surface area contributed by atoms with Crippen LogP contribution in [-0.4, -0.2) is 37.7 Å². The van der Waals surface area contributed by atoms with E-state index in [4.69, 9.17) is 16.6 Å². The Balaban J connectivity index is 4.02. The molecule has 0 bridgehead atoms. The van der Waals surface area contributed by atoms with Crippen molar-refractivity contribution in [1.29, 1.82) is 0 Å². The van der Waals surface area contributed by atoms with Crippen LogP contribution >= 0.6 is 0 Å². The number of carboxylic acid groups (broad SMARTS) is 1. The lowest BCUT2D eigenvalue weighted by Gasteiger charge is -2.19. The fraction of sp³-hybridized carbons (Fsp3) is 0.800. The van der Waals surface area contributed by atoms with Crippen LogP contribution in [0.3, 0.4) is 0 Å². The van der Waals surface area contributed by atoms with E-state index < -0.39 is 28.3 Å². The van der Waals surface area contributed by atoms with Gasteiger partial charge in [-0.2, -0.15) is 0 Å². The van der Waals surface area contributed by atoms with Crippen LogP contribution in [0.5, 0.6) is 0 Å². The Morgan fingerprint density at radius 2 is 2.17 bits per heavy atom. The number of nitrogens with two attached hydrogens (primary N) is 2. The Morgan fingerprint density at radius 3 is 2.42 bits per heavy atom. The molecule has 0 saturated heterocycles. The van der Waals surface area contributed by atoms with E-state index in [-0.39, 0.29) is 13.0 Å². The van der Waals surface area contributed by atoms with Gasteiger partial charge in [0.1, 0.15) is 6.04 Å². The highest BCUT2D eigenvalue weighted by atomic mass is 32.2. The molecule has 0 aliphatic carbocycles. The molecule has 0 aliphatic heterocycles. The second-order valence-corrected chi connectivity index (χ2v) is 3.49. The van der Waals surface area contributed by atoms with E-state index in [1.54, 1.807) is 0 Å². The van der Waals surface area contributed by atoms with E-state index >= 15 is 0 Å². The summed E-state index contributed by atoms with van der Waals surface area (Å²) in [5, 5.41) is 7.46. The molecule has 6 nitrogen and oxygen atoms in total. The summed E-state index contributed by atoms with van der Waals surface area (Å²) >= 11 is -2.36. The number of hydrogen-bond donors (Lipinski definition) is 3. The molecule has 7 heteroatoms. The predicted molar refractivity (Wildman–Crippen MR) is 42.0 cm³/mol. The van der Waals surface area contributed by atoms with E-state index in [1.165, 1.54) is 0 Å². The number of aliphatic carboxylic acids is 1. The van der Waals surface area contributed by atoms with Gasteiger partial charge in [-0.15, -0.1) is 0 Å². The second-order valence-electron chi connectivity index (χ2n) is 2.30. The standard InChI is InChI=1S/C5H12N2O4S/c6-2-3(12(10)11)1-4(7)5(8)9/h3-4H,1-2,6-7H2,(H,8,9)(H,10,11)/p-1/t3?,4-/m1/s1. The van der Waals surface area contributed by atoms with E-state index in [0.717, 1.165) is 0 Å². The molecule has 0 aromatic carbocycles. The molecule has 0 radical (unpaired) electrons. The summed E-state index contributed by atoms with van der Waals surface area (Å²) < 4.78 is 20.7. The van der Waals surface area contributed by atoms with Gasteiger partial charge in [0.2, 0.25) is 0 Å². The number of carboxylic acids is 1. The Morgan fingerprint density at radius 1 is 1.67 bits per heavy atom. The lowest BCUT2D eigenvalue weighted by Crippen LogP contribution is -2.38. The van der Waals surface area contributed by atoms with Crippen LogP contribution in [0.1, 0.15) is 6.42 Å². The monoisotopic (exact) mass is 195 g/mol. The van der Waals surface area contributed by atoms with Gasteiger partial charge in [-0.1, -0.05) is 11.1 Å². The van der Waals surface area contributed by atoms with Crippen molar-refractivity contribution < 1.29 is 18.7 Å². The molecule has 0 spiro atoms. The van der Waals surface area contributed by atoms with Crippen LogP contribution in [0.2, 0.25) is 0 Å². The summed E-state index contributed by atoms with van der Waals surface area (Å²) in [6.07, 6.45) is -0.151. The van der Waals surface area contributed by atoms with Crippen LogP contribution < -0.4 is 11.5 Å². The van der Waals surface area contributed by atoms with Gasteiger partial charge in [-0.05, 0) is 6.42 Å². The topological polar surface area (TPSA) is 129 Å². The van der Waals surface area contributed by atoms with Crippen molar-refractivity contribution in [2.24, 2.45) is 11.5 Å². The fourth-order valence-corrected chi connectivity index (χ4v) is 1.16. The predicted octanol–water partition coefficient (Wildman–Crippen LogP) is -2.01. The van der Waals surface area contributed by atoms with Crippen molar-refractivity contribution in [3.63, 3.8) is 0 Å². The zero-order valence-electron chi connectivity index (χ0n) is 6.30. The third-order valence-electron chi connectivity index (χ3n) is 1.37. The summed E-state index contributed by atoms with van der Waals surface area (Å²) in [7, 11) is 0. The molecule has 0 rings (SSSR count). The van der Waals surface area contributed by atoms with Gasteiger partial charge in [0.05, 0.1) is 0 Å². The molecule has 72 valence electrons. The third kappa shape index (κ3) is 3.77. The molecule has 5 N–H and O–H groups in total. The maximum Gasteiger partial charge on any atom is 0.320 e. The van der Waals surface area contributed by atoms with Gasteiger partial charge in [-0.3, -0.25) is 9.00 Å². The van der Waals surface area contributed by atoms with E-state index in [2.05, 4.69) is 0 Å². The van der Waals surface area contributed by atoms with Gasteiger partial charge in [0, 0.05) is 11.8 Å². The first-order valence-corrected chi connectivity index (χ1v) is 4.39. The van der Waals surface area contributed by atoms with Gasteiger partial charge >= 0.3 is 5.97 Å². The second kappa shape index (κ2) is 5.20. The molecule has 0 aromatic rings. The maximum absolute atomic E-state index is 10.4. The average molecular weight is 195 g/mol. The highest BCUT2D eigenvalue weighted by Crippen LogP contribution is 2.01. The zero-order chi connectivity index (χ0) is 9.72. The Bertz CT molecular complexity index is 186. The molecule has 0 aromatic heterocycles. The molecule has 2 unspecified atom stereocenters. The fourth-order valence-electron chi connectivity index (χ4n) is 0.637. The molecule has 0 fully saturated rings.